The number of esters is 1. The molecule has 0 aliphatic carbocycles. The van der Waals surface area contributed by atoms with Crippen molar-refractivity contribution >= 4 is 23.5 Å². The predicted molar refractivity (Wildman–Crippen MR) is 91.2 cm³/mol. The van der Waals surface area contributed by atoms with E-state index in [1.165, 1.54) is 12.1 Å². The lowest BCUT2D eigenvalue weighted by atomic mass is 10.1. The normalized spacial score (nSPS) is 11.6. The number of aromatic hydroxyl groups is 1. The van der Waals surface area contributed by atoms with E-state index in [2.05, 4.69) is 5.32 Å². The summed E-state index contributed by atoms with van der Waals surface area (Å²) in [5.74, 6) is -0.838. The SMILES string of the molecule is CCOC(=O)C(Cc1ccc(O)cc1)NC(=O)c1ccccc1Cl. The van der Waals surface area contributed by atoms with E-state index < -0.39 is 17.9 Å². The standard InChI is InChI=1S/C18H18ClNO4/c1-2-24-18(23)16(11-12-7-9-13(21)10-8-12)20-17(22)14-5-3-4-6-15(14)19/h3-10,16,21H,2,11H2,1H3,(H,20,22). The molecule has 126 valence electrons. The van der Waals surface area contributed by atoms with Gasteiger partial charge in [-0.25, -0.2) is 4.79 Å². The molecule has 1 unspecified atom stereocenters. The van der Waals surface area contributed by atoms with Crippen LogP contribution in [0.3, 0.4) is 0 Å². The summed E-state index contributed by atoms with van der Waals surface area (Å²) in [5, 5.41) is 12.3. The molecule has 24 heavy (non-hydrogen) atoms. The van der Waals surface area contributed by atoms with E-state index in [1.54, 1.807) is 43.3 Å². The number of ether oxygens (including phenoxy) is 1. The second-order valence-electron chi connectivity index (χ2n) is 5.13. The summed E-state index contributed by atoms with van der Waals surface area (Å²) in [6, 6.07) is 12.2. The fraction of sp³-hybridized carbons (Fsp3) is 0.222. The maximum atomic E-state index is 12.4. The zero-order chi connectivity index (χ0) is 17.5. The number of phenolic OH excluding ortho intramolecular Hbond substituents is 1. The van der Waals surface area contributed by atoms with Gasteiger partial charge in [0.2, 0.25) is 0 Å². The topological polar surface area (TPSA) is 75.6 Å². The highest BCUT2D eigenvalue weighted by Gasteiger charge is 2.24. The second-order valence-corrected chi connectivity index (χ2v) is 5.54. The molecule has 0 saturated heterocycles. The first-order valence-electron chi connectivity index (χ1n) is 7.51. The highest BCUT2D eigenvalue weighted by atomic mass is 35.5. The number of amides is 1. The number of carbonyl (C=O) groups is 2. The van der Waals surface area contributed by atoms with Crippen molar-refractivity contribution in [1.29, 1.82) is 0 Å². The Labute approximate surface area is 145 Å². The van der Waals surface area contributed by atoms with Crippen molar-refractivity contribution in [2.24, 2.45) is 0 Å². The molecule has 0 spiro atoms. The number of phenols is 1. The summed E-state index contributed by atoms with van der Waals surface area (Å²) in [6.07, 6.45) is 0.245. The Morgan fingerprint density at radius 2 is 1.83 bits per heavy atom. The molecule has 0 saturated carbocycles. The smallest absolute Gasteiger partial charge is 0.328 e. The number of hydrogen-bond acceptors (Lipinski definition) is 4. The average molecular weight is 348 g/mol. The molecule has 2 N–H and O–H groups in total. The minimum Gasteiger partial charge on any atom is -0.508 e. The lowest BCUT2D eigenvalue weighted by molar-refractivity contribution is -0.145. The van der Waals surface area contributed by atoms with Crippen LogP contribution in [0.4, 0.5) is 0 Å². The van der Waals surface area contributed by atoms with Gasteiger partial charge >= 0.3 is 5.97 Å². The van der Waals surface area contributed by atoms with Gasteiger partial charge in [0.05, 0.1) is 17.2 Å². The Hall–Kier alpha value is -2.53. The number of carbonyl (C=O) groups excluding carboxylic acids is 2. The van der Waals surface area contributed by atoms with Gasteiger partial charge in [0.1, 0.15) is 11.8 Å². The molecule has 0 aliphatic rings. The van der Waals surface area contributed by atoms with E-state index in [-0.39, 0.29) is 18.8 Å². The van der Waals surface area contributed by atoms with Crippen LogP contribution in [0.15, 0.2) is 48.5 Å². The average Bonchev–Trinajstić information content (AvgIpc) is 2.56. The van der Waals surface area contributed by atoms with Gasteiger partial charge in [-0.1, -0.05) is 35.9 Å². The maximum Gasteiger partial charge on any atom is 0.328 e. The van der Waals surface area contributed by atoms with Crippen LogP contribution in [0.5, 0.6) is 5.75 Å². The van der Waals surface area contributed by atoms with Crippen LogP contribution in [-0.2, 0) is 16.0 Å². The van der Waals surface area contributed by atoms with Crippen LogP contribution in [0.25, 0.3) is 0 Å². The Kier molecular flexibility index (Phi) is 6.21. The molecule has 6 heteroatoms. The molecule has 1 atom stereocenters. The Bertz CT molecular complexity index is 715. The van der Waals surface area contributed by atoms with Crippen LogP contribution in [0, 0.1) is 0 Å². The van der Waals surface area contributed by atoms with Crippen molar-refractivity contribution in [3.8, 4) is 5.75 Å². The van der Waals surface area contributed by atoms with Crippen LogP contribution >= 0.6 is 11.6 Å². The van der Waals surface area contributed by atoms with Gasteiger partial charge in [-0.2, -0.15) is 0 Å². The van der Waals surface area contributed by atoms with Gasteiger partial charge in [0, 0.05) is 6.42 Å². The van der Waals surface area contributed by atoms with Crippen LogP contribution < -0.4 is 5.32 Å². The Morgan fingerprint density at radius 1 is 1.17 bits per heavy atom. The second kappa shape index (κ2) is 8.36. The van der Waals surface area contributed by atoms with Gasteiger partial charge in [-0.15, -0.1) is 0 Å². The van der Waals surface area contributed by atoms with Crippen molar-refractivity contribution in [1.82, 2.24) is 5.32 Å². The fourth-order valence-corrected chi connectivity index (χ4v) is 2.41. The molecule has 0 heterocycles. The van der Waals surface area contributed by atoms with E-state index in [4.69, 9.17) is 16.3 Å². The van der Waals surface area contributed by atoms with E-state index in [0.717, 1.165) is 5.56 Å². The minimum atomic E-state index is -0.849. The van der Waals surface area contributed by atoms with Crippen molar-refractivity contribution in [2.45, 2.75) is 19.4 Å². The molecule has 0 radical (unpaired) electrons. The molecule has 0 aromatic heterocycles. The molecular formula is C18H18ClNO4. The highest BCUT2D eigenvalue weighted by Crippen LogP contribution is 2.16. The fourth-order valence-electron chi connectivity index (χ4n) is 2.19. The summed E-state index contributed by atoms with van der Waals surface area (Å²) in [7, 11) is 0. The Morgan fingerprint density at radius 3 is 2.46 bits per heavy atom. The number of nitrogens with one attached hydrogen (secondary N) is 1. The molecule has 2 rings (SSSR count). The van der Waals surface area contributed by atoms with Crippen LogP contribution in [-0.4, -0.2) is 29.6 Å². The van der Waals surface area contributed by atoms with E-state index in [9.17, 15) is 14.7 Å². The summed E-state index contributed by atoms with van der Waals surface area (Å²) < 4.78 is 5.03. The minimum absolute atomic E-state index is 0.131. The first-order valence-corrected chi connectivity index (χ1v) is 7.89. The highest BCUT2D eigenvalue weighted by molar-refractivity contribution is 6.33. The van der Waals surface area contributed by atoms with Crippen LogP contribution in [0.2, 0.25) is 5.02 Å². The quantitative estimate of drug-likeness (QED) is 0.788. The monoisotopic (exact) mass is 347 g/mol. The lowest BCUT2D eigenvalue weighted by Gasteiger charge is -2.18. The summed E-state index contributed by atoms with van der Waals surface area (Å²) >= 11 is 6.02. The lowest BCUT2D eigenvalue weighted by Crippen LogP contribution is -2.43. The zero-order valence-corrected chi connectivity index (χ0v) is 13.9. The van der Waals surface area contributed by atoms with Gasteiger partial charge < -0.3 is 15.2 Å². The largest absolute Gasteiger partial charge is 0.508 e. The van der Waals surface area contributed by atoms with Crippen LogP contribution in [0.1, 0.15) is 22.8 Å². The molecule has 5 nitrogen and oxygen atoms in total. The Balaban J connectivity index is 2.16. The molecule has 0 bridgehead atoms. The van der Waals surface area contributed by atoms with Gasteiger partial charge in [-0.05, 0) is 36.8 Å². The number of halogens is 1. The number of hydrogen-bond donors (Lipinski definition) is 2. The predicted octanol–water partition coefficient (Wildman–Crippen LogP) is 2.95. The molecular weight excluding hydrogens is 330 g/mol. The third-order valence-corrected chi connectivity index (χ3v) is 3.70. The maximum absolute atomic E-state index is 12.4. The van der Waals surface area contributed by atoms with Gasteiger partial charge in [0.25, 0.3) is 5.91 Å². The van der Waals surface area contributed by atoms with E-state index in [0.29, 0.717) is 10.6 Å². The van der Waals surface area contributed by atoms with Crippen molar-refractivity contribution < 1.29 is 19.4 Å². The van der Waals surface area contributed by atoms with E-state index in [1.807, 2.05) is 0 Å². The first-order chi connectivity index (χ1) is 11.5. The molecule has 0 aliphatic heterocycles. The summed E-state index contributed by atoms with van der Waals surface area (Å²) in [5.41, 5.74) is 1.07. The molecule has 2 aromatic carbocycles. The van der Waals surface area contributed by atoms with Crippen molar-refractivity contribution in [2.75, 3.05) is 6.61 Å². The zero-order valence-electron chi connectivity index (χ0n) is 13.2. The van der Waals surface area contributed by atoms with Crippen molar-refractivity contribution in [3.63, 3.8) is 0 Å². The third kappa shape index (κ3) is 4.73. The number of rotatable bonds is 6. The molecule has 2 aromatic rings. The first kappa shape index (κ1) is 17.8. The van der Waals surface area contributed by atoms with Gasteiger partial charge in [0.15, 0.2) is 0 Å². The number of benzene rings is 2. The third-order valence-electron chi connectivity index (χ3n) is 3.37. The molecule has 0 fully saturated rings. The van der Waals surface area contributed by atoms with Gasteiger partial charge in [-0.3, -0.25) is 4.79 Å². The molecule has 1 amide bonds. The summed E-state index contributed by atoms with van der Waals surface area (Å²) in [6.45, 7) is 1.91. The summed E-state index contributed by atoms with van der Waals surface area (Å²) in [4.78, 5) is 24.5. The van der Waals surface area contributed by atoms with E-state index >= 15 is 0 Å². The van der Waals surface area contributed by atoms with Crippen molar-refractivity contribution in [3.05, 3.63) is 64.7 Å².